The monoisotopic (exact) mass is 341 g/mol. The average molecular weight is 341 g/mol. The highest BCUT2D eigenvalue weighted by Gasteiger charge is 2.16. The Morgan fingerprint density at radius 2 is 1.88 bits per heavy atom. The first-order chi connectivity index (χ1) is 11.9. The second-order valence-electron chi connectivity index (χ2n) is 6.60. The number of hydrogen-bond acceptors (Lipinski definition) is 3. The van der Waals surface area contributed by atoms with Gasteiger partial charge in [-0.05, 0) is 55.2 Å². The number of anilines is 1. The van der Waals surface area contributed by atoms with Crippen molar-refractivity contribution in [3.05, 3.63) is 53.6 Å². The highest BCUT2D eigenvalue weighted by atomic mass is 16.5. The fraction of sp³-hybridized carbons (Fsp3) is 0.381. The van der Waals surface area contributed by atoms with Crippen LogP contribution >= 0.6 is 0 Å². The smallest absolute Gasteiger partial charge is 0.258 e. The minimum absolute atomic E-state index is 0.0855. The van der Waals surface area contributed by atoms with Gasteiger partial charge < -0.3 is 14.4 Å². The van der Waals surface area contributed by atoms with Crippen LogP contribution in [0.3, 0.4) is 0 Å². The average Bonchev–Trinajstić information content (AvgIpc) is 2.60. The number of methoxy groups -OCH3 is 1. The lowest BCUT2D eigenvalue weighted by molar-refractivity contribution is 0.0992. The van der Waals surface area contributed by atoms with Crippen molar-refractivity contribution in [1.29, 1.82) is 0 Å². The first-order valence-electron chi connectivity index (χ1n) is 8.58. The lowest BCUT2D eigenvalue weighted by atomic mass is 10.1. The van der Waals surface area contributed by atoms with Crippen LogP contribution in [-0.4, -0.2) is 26.7 Å². The van der Waals surface area contributed by atoms with Crippen LogP contribution in [0.25, 0.3) is 0 Å². The number of amides is 1. The van der Waals surface area contributed by atoms with Crippen molar-refractivity contribution in [3.63, 3.8) is 0 Å². The van der Waals surface area contributed by atoms with E-state index in [1.165, 1.54) is 0 Å². The van der Waals surface area contributed by atoms with Crippen molar-refractivity contribution < 1.29 is 14.3 Å². The van der Waals surface area contributed by atoms with E-state index in [4.69, 9.17) is 9.47 Å². The van der Waals surface area contributed by atoms with Crippen LogP contribution in [0, 0.1) is 12.8 Å². The van der Waals surface area contributed by atoms with Crippen LogP contribution in [0.1, 0.15) is 36.2 Å². The van der Waals surface area contributed by atoms with Gasteiger partial charge in [-0.15, -0.1) is 0 Å². The molecule has 25 heavy (non-hydrogen) atoms. The molecule has 4 heteroatoms. The third kappa shape index (κ3) is 4.99. The Kier molecular flexibility index (Phi) is 6.45. The maximum atomic E-state index is 12.8. The molecule has 0 heterocycles. The van der Waals surface area contributed by atoms with Gasteiger partial charge in [-0.1, -0.05) is 26.0 Å². The second-order valence-corrected chi connectivity index (χ2v) is 6.60. The van der Waals surface area contributed by atoms with Gasteiger partial charge >= 0.3 is 0 Å². The van der Waals surface area contributed by atoms with E-state index in [0.29, 0.717) is 29.6 Å². The zero-order chi connectivity index (χ0) is 18.4. The van der Waals surface area contributed by atoms with E-state index < -0.39 is 0 Å². The first-order valence-corrected chi connectivity index (χ1v) is 8.58. The van der Waals surface area contributed by atoms with E-state index in [-0.39, 0.29) is 5.91 Å². The molecule has 2 aromatic rings. The van der Waals surface area contributed by atoms with Crippen molar-refractivity contribution in [3.8, 4) is 11.5 Å². The number of carbonyl (C=O) groups excluding carboxylic acids is 1. The summed E-state index contributed by atoms with van der Waals surface area (Å²) in [5.41, 5.74) is 2.54. The molecule has 1 amide bonds. The van der Waals surface area contributed by atoms with Crippen LogP contribution in [0.4, 0.5) is 5.69 Å². The van der Waals surface area contributed by atoms with Gasteiger partial charge in [0.2, 0.25) is 0 Å². The van der Waals surface area contributed by atoms with E-state index >= 15 is 0 Å². The molecule has 2 rings (SSSR count). The van der Waals surface area contributed by atoms with Gasteiger partial charge in [-0.3, -0.25) is 4.79 Å². The second kappa shape index (κ2) is 8.56. The molecule has 4 nitrogen and oxygen atoms in total. The molecule has 0 fully saturated rings. The molecule has 0 aliphatic carbocycles. The molecule has 0 atom stereocenters. The standard InChI is InChI=1S/C21H27NO3/c1-15(2)11-12-25-19-10-9-17(14-20(19)24-5)21(23)22(4)18-8-6-7-16(3)13-18/h6-10,13-15H,11-12H2,1-5H3. The molecular formula is C21H27NO3. The predicted molar refractivity (Wildman–Crippen MR) is 102 cm³/mol. The van der Waals surface area contributed by atoms with Crippen LogP contribution < -0.4 is 14.4 Å². The molecule has 0 N–H and O–H groups in total. The Labute approximate surface area is 150 Å². The molecule has 0 radical (unpaired) electrons. The molecule has 0 unspecified atom stereocenters. The molecule has 0 saturated heterocycles. The maximum Gasteiger partial charge on any atom is 0.258 e. The van der Waals surface area contributed by atoms with Crippen LogP contribution in [0.15, 0.2) is 42.5 Å². The third-order valence-corrected chi connectivity index (χ3v) is 4.06. The molecular weight excluding hydrogens is 314 g/mol. The Bertz CT molecular complexity index is 725. The summed E-state index contributed by atoms with van der Waals surface area (Å²) in [5, 5.41) is 0. The quantitative estimate of drug-likeness (QED) is 0.732. The van der Waals surface area contributed by atoms with Gasteiger partial charge in [0, 0.05) is 18.3 Å². The van der Waals surface area contributed by atoms with Crippen molar-refractivity contribution in [1.82, 2.24) is 0 Å². The largest absolute Gasteiger partial charge is 0.493 e. The Morgan fingerprint density at radius 1 is 1.12 bits per heavy atom. The van der Waals surface area contributed by atoms with Gasteiger partial charge in [-0.25, -0.2) is 0 Å². The Hall–Kier alpha value is -2.49. The molecule has 0 bridgehead atoms. The number of hydrogen-bond donors (Lipinski definition) is 0. The summed E-state index contributed by atoms with van der Waals surface area (Å²) in [4.78, 5) is 14.4. The van der Waals surface area contributed by atoms with Gasteiger partial charge in [0.05, 0.1) is 13.7 Å². The van der Waals surface area contributed by atoms with Crippen molar-refractivity contribution in [2.24, 2.45) is 5.92 Å². The third-order valence-electron chi connectivity index (χ3n) is 4.06. The molecule has 0 spiro atoms. The summed E-state index contributed by atoms with van der Waals surface area (Å²) in [7, 11) is 3.36. The number of rotatable bonds is 7. The number of ether oxygens (including phenoxy) is 2. The van der Waals surface area contributed by atoms with Crippen LogP contribution in [0.5, 0.6) is 11.5 Å². The van der Waals surface area contributed by atoms with Crippen molar-refractivity contribution in [2.75, 3.05) is 25.7 Å². The van der Waals surface area contributed by atoms with E-state index in [0.717, 1.165) is 17.7 Å². The zero-order valence-corrected chi connectivity index (χ0v) is 15.7. The topological polar surface area (TPSA) is 38.8 Å². The fourth-order valence-electron chi connectivity index (χ4n) is 2.47. The summed E-state index contributed by atoms with van der Waals surface area (Å²) >= 11 is 0. The highest BCUT2D eigenvalue weighted by molar-refractivity contribution is 6.06. The maximum absolute atomic E-state index is 12.8. The van der Waals surface area contributed by atoms with Gasteiger partial charge in [0.1, 0.15) is 0 Å². The van der Waals surface area contributed by atoms with Crippen molar-refractivity contribution in [2.45, 2.75) is 27.2 Å². The minimum atomic E-state index is -0.0855. The van der Waals surface area contributed by atoms with Gasteiger partial charge in [0.15, 0.2) is 11.5 Å². The summed E-state index contributed by atoms with van der Waals surface area (Å²) in [6, 6.07) is 13.2. The van der Waals surface area contributed by atoms with Gasteiger partial charge in [-0.2, -0.15) is 0 Å². The van der Waals surface area contributed by atoms with E-state index in [1.54, 1.807) is 37.3 Å². The lowest BCUT2D eigenvalue weighted by Gasteiger charge is -2.19. The summed E-state index contributed by atoms with van der Waals surface area (Å²) < 4.78 is 11.2. The first kappa shape index (κ1) is 18.8. The highest BCUT2D eigenvalue weighted by Crippen LogP contribution is 2.29. The summed E-state index contributed by atoms with van der Waals surface area (Å²) in [6.07, 6.45) is 0.972. The summed E-state index contributed by atoms with van der Waals surface area (Å²) in [6.45, 7) is 6.95. The number of nitrogens with zero attached hydrogens (tertiary/aromatic N) is 1. The molecule has 134 valence electrons. The number of carbonyl (C=O) groups is 1. The SMILES string of the molecule is COc1cc(C(=O)N(C)c2cccc(C)c2)ccc1OCCC(C)C. The van der Waals surface area contributed by atoms with E-state index in [1.807, 2.05) is 31.2 Å². The molecule has 2 aromatic carbocycles. The molecule has 0 aliphatic heterocycles. The predicted octanol–water partition coefficient (Wildman–Crippen LogP) is 4.71. The van der Waals surface area contributed by atoms with Crippen LogP contribution in [0.2, 0.25) is 0 Å². The molecule has 0 aromatic heterocycles. The number of benzene rings is 2. The molecule has 0 aliphatic rings. The van der Waals surface area contributed by atoms with Gasteiger partial charge in [0.25, 0.3) is 5.91 Å². The Balaban J connectivity index is 2.17. The Morgan fingerprint density at radius 3 is 2.52 bits per heavy atom. The summed E-state index contributed by atoms with van der Waals surface area (Å²) in [5.74, 6) is 1.73. The lowest BCUT2D eigenvalue weighted by Crippen LogP contribution is -2.26. The molecule has 0 saturated carbocycles. The number of aryl methyl sites for hydroxylation is 1. The van der Waals surface area contributed by atoms with E-state index in [2.05, 4.69) is 13.8 Å². The van der Waals surface area contributed by atoms with Crippen molar-refractivity contribution >= 4 is 11.6 Å². The fourth-order valence-corrected chi connectivity index (χ4v) is 2.47. The zero-order valence-electron chi connectivity index (χ0n) is 15.7. The normalized spacial score (nSPS) is 10.6. The van der Waals surface area contributed by atoms with Crippen LogP contribution in [-0.2, 0) is 0 Å². The minimum Gasteiger partial charge on any atom is -0.493 e. The van der Waals surface area contributed by atoms with E-state index in [9.17, 15) is 4.79 Å².